The number of hydrogen-bond donors (Lipinski definition) is 0. The fourth-order valence-electron chi connectivity index (χ4n) is 3.68. The number of aromatic nitrogens is 2. The monoisotopic (exact) mass is 436 g/mol. The fourth-order valence-corrected chi connectivity index (χ4v) is 5.63. The van der Waals surface area contributed by atoms with Crippen molar-refractivity contribution < 1.29 is 4.79 Å². The van der Waals surface area contributed by atoms with Crippen molar-refractivity contribution in [3.63, 3.8) is 0 Å². The van der Waals surface area contributed by atoms with Crippen LogP contribution >= 0.6 is 22.7 Å². The number of fused-ring (bicyclic) bond motifs is 1. The lowest BCUT2D eigenvalue weighted by Gasteiger charge is -2.12. The van der Waals surface area contributed by atoms with Crippen LogP contribution in [0.4, 0.5) is 0 Å². The highest BCUT2D eigenvalue weighted by atomic mass is 32.1. The Bertz CT molecular complexity index is 1300. The van der Waals surface area contributed by atoms with Crippen LogP contribution in [0, 0.1) is 20.8 Å². The van der Waals surface area contributed by atoms with Crippen molar-refractivity contribution in [1.29, 1.82) is 0 Å². The summed E-state index contributed by atoms with van der Waals surface area (Å²) in [6.45, 7) is 8.12. The van der Waals surface area contributed by atoms with E-state index in [-0.39, 0.29) is 17.9 Å². The molecule has 3 heterocycles. The van der Waals surface area contributed by atoms with E-state index in [1.807, 2.05) is 56.5 Å². The highest BCUT2D eigenvalue weighted by molar-refractivity contribution is 7.20. The van der Waals surface area contributed by atoms with Gasteiger partial charge in [0.2, 0.25) is 0 Å². The lowest BCUT2D eigenvalue weighted by molar-refractivity contribution is 0.0969. The number of ketones is 1. The average Bonchev–Trinajstić information content (AvgIpc) is 3.34. The van der Waals surface area contributed by atoms with E-state index in [1.165, 1.54) is 0 Å². The van der Waals surface area contributed by atoms with Gasteiger partial charge in [-0.05, 0) is 55.8 Å². The molecule has 0 aliphatic rings. The van der Waals surface area contributed by atoms with Crippen molar-refractivity contribution in [1.82, 2.24) is 9.55 Å². The Balaban J connectivity index is 1.87. The van der Waals surface area contributed by atoms with Gasteiger partial charge in [0, 0.05) is 27.3 Å². The second-order valence-corrected chi connectivity index (χ2v) is 9.73. The highest BCUT2D eigenvalue weighted by Crippen LogP contribution is 2.38. The number of thiophene rings is 2. The molecular formula is C24H24N2O2S2. The highest BCUT2D eigenvalue weighted by Gasteiger charge is 2.21. The van der Waals surface area contributed by atoms with E-state index in [0.29, 0.717) is 23.2 Å². The second-order valence-electron chi connectivity index (χ2n) is 7.58. The molecular weight excluding hydrogens is 412 g/mol. The summed E-state index contributed by atoms with van der Waals surface area (Å²) in [6, 6.07) is 9.72. The molecule has 154 valence electrons. The van der Waals surface area contributed by atoms with Crippen molar-refractivity contribution in [2.45, 2.75) is 47.1 Å². The second kappa shape index (κ2) is 8.28. The van der Waals surface area contributed by atoms with Crippen LogP contribution in [0.2, 0.25) is 0 Å². The largest absolute Gasteiger partial charge is 0.292 e. The van der Waals surface area contributed by atoms with Crippen LogP contribution in [0.25, 0.3) is 20.7 Å². The maximum absolute atomic E-state index is 13.6. The molecule has 0 amide bonds. The summed E-state index contributed by atoms with van der Waals surface area (Å²) >= 11 is 3.17. The Morgan fingerprint density at radius 2 is 1.93 bits per heavy atom. The van der Waals surface area contributed by atoms with Gasteiger partial charge in [0.25, 0.3) is 5.56 Å². The number of hydrogen-bond acceptors (Lipinski definition) is 5. The van der Waals surface area contributed by atoms with E-state index in [1.54, 1.807) is 27.2 Å². The molecule has 0 saturated carbocycles. The zero-order chi connectivity index (χ0) is 21.4. The van der Waals surface area contributed by atoms with Gasteiger partial charge in [0.05, 0.1) is 11.9 Å². The molecule has 0 aliphatic carbocycles. The molecule has 0 unspecified atom stereocenters. The van der Waals surface area contributed by atoms with Gasteiger partial charge in [-0.25, -0.2) is 4.98 Å². The molecule has 0 bridgehead atoms. The zero-order valence-corrected chi connectivity index (χ0v) is 19.2. The molecule has 0 spiro atoms. The van der Waals surface area contributed by atoms with Crippen LogP contribution in [0.3, 0.4) is 0 Å². The Morgan fingerprint density at radius 3 is 2.60 bits per heavy atom. The molecule has 0 atom stereocenters. The first-order valence-electron chi connectivity index (χ1n) is 10.1. The van der Waals surface area contributed by atoms with Gasteiger partial charge in [-0.1, -0.05) is 25.1 Å². The van der Waals surface area contributed by atoms with Crippen molar-refractivity contribution in [3.8, 4) is 10.4 Å². The third kappa shape index (κ3) is 3.66. The summed E-state index contributed by atoms with van der Waals surface area (Å²) in [7, 11) is 0. The predicted octanol–water partition coefficient (Wildman–Crippen LogP) is 5.95. The molecule has 0 radical (unpaired) electrons. The summed E-state index contributed by atoms with van der Waals surface area (Å²) in [5.41, 5.74) is 3.69. The molecule has 4 aromatic rings. The number of aryl methyl sites for hydroxylation is 4. The Labute approximate surface area is 183 Å². The number of nitrogens with zero attached hydrogens (tertiary/aromatic N) is 2. The Kier molecular flexibility index (Phi) is 5.71. The van der Waals surface area contributed by atoms with Gasteiger partial charge in [-0.15, -0.1) is 22.7 Å². The third-order valence-electron chi connectivity index (χ3n) is 5.44. The quantitative estimate of drug-likeness (QED) is 0.351. The van der Waals surface area contributed by atoms with E-state index >= 15 is 0 Å². The van der Waals surface area contributed by atoms with E-state index in [4.69, 9.17) is 4.98 Å². The average molecular weight is 437 g/mol. The van der Waals surface area contributed by atoms with Crippen LogP contribution in [0.1, 0.15) is 45.5 Å². The molecule has 1 aromatic carbocycles. The standard InChI is InChI=1S/C24H24N2O2S2/c1-5-7-20-25-23-22(21(16(4)30-23)19-8-6-11-29-19)24(28)26(20)13-18(27)17-10-9-14(2)15(3)12-17/h6,8-12H,5,7,13H2,1-4H3. The van der Waals surface area contributed by atoms with Crippen LogP contribution in [-0.2, 0) is 13.0 Å². The summed E-state index contributed by atoms with van der Waals surface area (Å²) in [4.78, 5) is 34.4. The zero-order valence-electron chi connectivity index (χ0n) is 17.6. The summed E-state index contributed by atoms with van der Waals surface area (Å²) in [5, 5.41) is 2.64. The molecule has 4 nitrogen and oxygen atoms in total. The maximum atomic E-state index is 13.6. The van der Waals surface area contributed by atoms with Crippen molar-refractivity contribution in [2.24, 2.45) is 0 Å². The van der Waals surface area contributed by atoms with E-state index in [9.17, 15) is 9.59 Å². The van der Waals surface area contributed by atoms with Crippen molar-refractivity contribution >= 4 is 38.7 Å². The lowest BCUT2D eigenvalue weighted by Crippen LogP contribution is -2.28. The van der Waals surface area contributed by atoms with E-state index < -0.39 is 0 Å². The van der Waals surface area contributed by atoms with Crippen LogP contribution < -0.4 is 5.56 Å². The van der Waals surface area contributed by atoms with Gasteiger partial charge in [-0.2, -0.15) is 0 Å². The summed E-state index contributed by atoms with van der Waals surface area (Å²) in [5.74, 6) is 0.620. The summed E-state index contributed by atoms with van der Waals surface area (Å²) in [6.07, 6.45) is 1.52. The lowest BCUT2D eigenvalue weighted by atomic mass is 10.0. The first kappa shape index (κ1) is 20.7. The molecule has 0 aliphatic heterocycles. The molecule has 4 rings (SSSR count). The smallest absolute Gasteiger partial charge is 0.263 e. The normalized spacial score (nSPS) is 11.3. The number of rotatable bonds is 6. The first-order chi connectivity index (χ1) is 14.4. The molecule has 0 N–H and O–H groups in total. The van der Waals surface area contributed by atoms with Crippen molar-refractivity contribution in [2.75, 3.05) is 0 Å². The van der Waals surface area contributed by atoms with Crippen LogP contribution in [0.15, 0.2) is 40.5 Å². The van der Waals surface area contributed by atoms with Crippen LogP contribution in [-0.4, -0.2) is 15.3 Å². The minimum atomic E-state index is -0.117. The van der Waals surface area contributed by atoms with Gasteiger partial charge in [0.15, 0.2) is 5.78 Å². The Morgan fingerprint density at radius 1 is 1.13 bits per heavy atom. The third-order valence-corrected chi connectivity index (χ3v) is 7.33. The molecule has 0 saturated heterocycles. The summed E-state index contributed by atoms with van der Waals surface area (Å²) < 4.78 is 1.59. The Hall–Kier alpha value is -2.57. The van der Waals surface area contributed by atoms with E-state index in [2.05, 4.69) is 6.92 Å². The SMILES string of the molecule is CCCc1nc2sc(C)c(-c3cccs3)c2c(=O)n1CC(=O)c1ccc(C)c(C)c1. The number of carbonyl (C=O) groups excluding carboxylic acids is 1. The van der Waals surface area contributed by atoms with E-state index in [0.717, 1.165) is 37.7 Å². The minimum Gasteiger partial charge on any atom is -0.292 e. The number of Topliss-reactive ketones (excluding diaryl/α,β-unsaturated/α-hetero) is 1. The number of carbonyl (C=O) groups is 1. The first-order valence-corrected chi connectivity index (χ1v) is 11.8. The molecule has 0 fully saturated rings. The minimum absolute atomic E-state index is 0.0123. The topological polar surface area (TPSA) is 52.0 Å². The molecule has 6 heteroatoms. The van der Waals surface area contributed by atoms with Crippen molar-refractivity contribution in [3.05, 3.63) is 73.5 Å². The van der Waals surface area contributed by atoms with Gasteiger partial charge in [-0.3, -0.25) is 14.2 Å². The van der Waals surface area contributed by atoms with Gasteiger partial charge in [0.1, 0.15) is 10.7 Å². The van der Waals surface area contributed by atoms with Gasteiger partial charge < -0.3 is 0 Å². The fraction of sp³-hybridized carbons (Fsp3) is 0.292. The molecule has 30 heavy (non-hydrogen) atoms. The number of benzene rings is 1. The van der Waals surface area contributed by atoms with Crippen LogP contribution in [0.5, 0.6) is 0 Å². The predicted molar refractivity (Wildman–Crippen MR) is 126 cm³/mol. The maximum Gasteiger partial charge on any atom is 0.263 e. The molecule has 3 aromatic heterocycles. The van der Waals surface area contributed by atoms with Gasteiger partial charge >= 0.3 is 0 Å².